The molecule has 0 aliphatic heterocycles. The Hall–Kier alpha value is -1.31. The molecule has 0 atom stereocenters. The molecule has 2 aromatic rings. The first-order valence-corrected chi connectivity index (χ1v) is 8.86. The monoisotopic (exact) mass is 372 g/mol. The van der Waals surface area contributed by atoms with Crippen LogP contribution in [0.25, 0.3) is 0 Å². The van der Waals surface area contributed by atoms with Crippen LogP contribution in [0.2, 0.25) is 0 Å². The molecule has 1 heterocycles. The van der Waals surface area contributed by atoms with Crippen LogP contribution in [0.1, 0.15) is 19.1 Å². The van der Waals surface area contributed by atoms with Gasteiger partial charge in [0.25, 0.3) is 10.0 Å². The molecule has 0 saturated heterocycles. The Morgan fingerprint density at radius 2 is 1.86 bits per heavy atom. The number of halogens is 1. The third kappa shape index (κ3) is 4.59. The van der Waals surface area contributed by atoms with Gasteiger partial charge in [-0.15, -0.1) is 0 Å². The number of sulfonamides is 1. The van der Waals surface area contributed by atoms with E-state index in [4.69, 9.17) is 4.42 Å². The summed E-state index contributed by atoms with van der Waals surface area (Å²) in [7, 11) is -3.70. The summed E-state index contributed by atoms with van der Waals surface area (Å²) >= 11 is 3.30. The molecule has 114 valence electrons. The lowest BCUT2D eigenvalue weighted by Gasteiger charge is -2.05. The van der Waals surface area contributed by atoms with Crippen molar-refractivity contribution in [1.29, 1.82) is 0 Å². The van der Waals surface area contributed by atoms with Gasteiger partial charge in [0, 0.05) is 10.2 Å². The van der Waals surface area contributed by atoms with Crippen molar-refractivity contribution in [3.8, 4) is 0 Å². The largest absolute Gasteiger partial charge is 0.446 e. The van der Waals surface area contributed by atoms with E-state index in [0.29, 0.717) is 18.0 Å². The van der Waals surface area contributed by atoms with Crippen LogP contribution in [0.5, 0.6) is 0 Å². The van der Waals surface area contributed by atoms with Gasteiger partial charge in [0.05, 0.1) is 6.54 Å². The van der Waals surface area contributed by atoms with Crippen LogP contribution < -0.4 is 10.0 Å². The fourth-order valence-electron chi connectivity index (χ4n) is 1.71. The van der Waals surface area contributed by atoms with Gasteiger partial charge in [0.2, 0.25) is 5.09 Å². The lowest BCUT2D eigenvalue weighted by Crippen LogP contribution is -2.14. The minimum Gasteiger partial charge on any atom is -0.446 e. The maximum absolute atomic E-state index is 12.2. The lowest BCUT2D eigenvalue weighted by atomic mass is 10.3. The zero-order chi connectivity index (χ0) is 15.3. The first-order chi connectivity index (χ1) is 10.0. The van der Waals surface area contributed by atoms with Gasteiger partial charge in [0.1, 0.15) is 5.76 Å². The molecule has 1 aromatic heterocycles. The van der Waals surface area contributed by atoms with Crippen molar-refractivity contribution in [2.24, 2.45) is 0 Å². The molecular weight excluding hydrogens is 356 g/mol. The Morgan fingerprint density at radius 1 is 1.14 bits per heavy atom. The van der Waals surface area contributed by atoms with Crippen molar-refractivity contribution in [1.82, 2.24) is 5.32 Å². The summed E-state index contributed by atoms with van der Waals surface area (Å²) in [5.74, 6) is 0.597. The Kier molecular flexibility index (Phi) is 5.44. The quantitative estimate of drug-likeness (QED) is 0.731. The highest BCUT2D eigenvalue weighted by atomic mass is 79.9. The predicted octanol–water partition coefficient (Wildman–Crippen LogP) is 3.34. The number of nitrogens with one attached hydrogen (secondary N) is 2. The molecular formula is C14H17BrN2O3S. The molecule has 2 N–H and O–H groups in total. The minimum absolute atomic E-state index is 0.0845. The van der Waals surface area contributed by atoms with Crippen LogP contribution >= 0.6 is 15.9 Å². The van der Waals surface area contributed by atoms with Crippen LogP contribution in [0.4, 0.5) is 5.69 Å². The molecule has 5 nitrogen and oxygen atoms in total. The van der Waals surface area contributed by atoms with E-state index in [9.17, 15) is 8.42 Å². The van der Waals surface area contributed by atoms with Crippen molar-refractivity contribution in [2.45, 2.75) is 25.0 Å². The topological polar surface area (TPSA) is 71.3 Å². The first kappa shape index (κ1) is 16.1. The molecule has 0 aliphatic carbocycles. The van der Waals surface area contributed by atoms with Crippen molar-refractivity contribution in [3.63, 3.8) is 0 Å². The van der Waals surface area contributed by atoms with Gasteiger partial charge in [-0.2, -0.15) is 8.42 Å². The summed E-state index contributed by atoms with van der Waals surface area (Å²) in [6.45, 7) is 3.44. The molecule has 0 fully saturated rings. The SMILES string of the molecule is CCCNCc1ccc(S(=O)(=O)Nc2ccc(Br)cc2)o1. The average molecular weight is 373 g/mol. The number of hydrogen-bond acceptors (Lipinski definition) is 4. The summed E-state index contributed by atoms with van der Waals surface area (Å²) in [5, 5.41) is 3.07. The minimum atomic E-state index is -3.70. The summed E-state index contributed by atoms with van der Waals surface area (Å²) in [4.78, 5) is 0. The molecule has 0 bridgehead atoms. The highest BCUT2D eigenvalue weighted by Gasteiger charge is 2.18. The zero-order valence-corrected chi connectivity index (χ0v) is 14.0. The molecule has 0 amide bonds. The van der Waals surface area contributed by atoms with E-state index in [1.807, 2.05) is 0 Å². The Morgan fingerprint density at radius 3 is 2.52 bits per heavy atom. The van der Waals surface area contributed by atoms with E-state index < -0.39 is 10.0 Å². The highest BCUT2D eigenvalue weighted by molar-refractivity contribution is 9.10. The number of rotatable bonds is 7. The summed E-state index contributed by atoms with van der Waals surface area (Å²) in [6.07, 6.45) is 1.01. The molecule has 0 unspecified atom stereocenters. The van der Waals surface area contributed by atoms with E-state index in [0.717, 1.165) is 17.4 Å². The maximum Gasteiger partial charge on any atom is 0.295 e. The van der Waals surface area contributed by atoms with Gasteiger partial charge in [-0.3, -0.25) is 4.72 Å². The Bertz CT molecular complexity index is 680. The van der Waals surface area contributed by atoms with E-state index in [2.05, 4.69) is 32.9 Å². The van der Waals surface area contributed by atoms with Gasteiger partial charge < -0.3 is 9.73 Å². The van der Waals surface area contributed by atoms with Gasteiger partial charge in [-0.1, -0.05) is 22.9 Å². The Labute approximate surface area is 132 Å². The molecule has 0 saturated carbocycles. The summed E-state index contributed by atoms with van der Waals surface area (Å²) in [6, 6.07) is 10.0. The maximum atomic E-state index is 12.2. The number of benzene rings is 1. The van der Waals surface area contributed by atoms with Crippen molar-refractivity contribution >= 4 is 31.6 Å². The Balaban J connectivity index is 2.07. The number of hydrogen-bond donors (Lipinski definition) is 2. The fourth-order valence-corrected chi connectivity index (χ4v) is 2.98. The van der Waals surface area contributed by atoms with E-state index in [1.165, 1.54) is 6.07 Å². The fraction of sp³-hybridized carbons (Fsp3) is 0.286. The van der Waals surface area contributed by atoms with Crippen molar-refractivity contribution < 1.29 is 12.8 Å². The highest BCUT2D eigenvalue weighted by Crippen LogP contribution is 2.20. The first-order valence-electron chi connectivity index (χ1n) is 6.59. The van der Waals surface area contributed by atoms with E-state index in [-0.39, 0.29) is 5.09 Å². The second kappa shape index (κ2) is 7.11. The van der Waals surface area contributed by atoms with E-state index in [1.54, 1.807) is 30.3 Å². The standard InChI is InChI=1S/C14H17BrN2O3S/c1-2-9-16-10-13-7-8-14(20-13)21(18,19)17-12-5-3-11(15)4-6-12/h3-8,16-17H,2,9-10H2,1H3. The van der Waals surface area contributed by atoms with Gasteiger partial charge >= 0.3 is 0 Å². The summed E-state index contributed by atoms with van der Waals surface area (Å²) in [5.41, 5.74) is 0.486. The average Bonchev–Trinajstić information content (AvgIpc) is 2.91. The van der Waals surface area contributed by atoms with Crippen LogP contribution in [-0.4, -0.2) is 15.0 Å². The molecule has 1 aromatic carbocycles. The molecule has 21 heavy (non-hydrogen) atoms. The predicted molar refractivity (Wildman–Crippen MR) is 85.7 cm³/mol. The normalized spacial score (nSPS) is 11.5. The van der Waals surface area contributed by atoms with Gasteiger partial charge in [0.15, 0.2) is 0 Å². The zero-order valence-electron chi connectivity index (χ0n) is 11.6. The van der Waals surface area contributed by atoms with Gasteiger partial charge in [-0.05, 0) is 49.4 Å². The molecule has 0 radical (unpaired) electrons. The van der Waals surface area contributed by atoms with Crippen molar-refractivity contribution in [3.05, 3.63) is 46.6 Å². The third-order valence-corrected chi connectivity index (χ3v) is 4.51. The van der Waals surface area contributed by atoms with Crippen LogP contribution in [-0.2, 0) is 16.6 Å². The van der Waals surface area contributed by atoms with E-state index >= 15 is 0 Å². The van der Waals surface area contributed by atoms with Gasteiger partial charge in [-0.25, -0.2) is 0 Å². The molecule has 0 spiro atoms. The molecule has 7 heteroatoms. The van der Waals surface area contributed by atoms with Crippen LogP contribution in [0.15, 0.2) is 50.4 Å². The summed E-state index contributed by atoms with van der Waals surface area (Å²) < 4.78 is 33.1. The number of furan rings is 1. The second-order valence-corrected chi connectivity index (χ2v) is 7.04. The van der Waals surface area contributed by atoms with Crippen LogP contribution in [0, 0.1) is 0 Å². The second-order valence-electron chi connectivity index (χ2n) is 4.51. The lowest BCUT2D eigenvalue weighted by molar-refractivity contribution is 0.403. The number of anilines is 1. The smallest absolute Gasteiger partial charge is 0.295 e. The third-order valence-electron chi connectivity index (χ3n) is 2.72. The van der Waals surface area contributed by atoms with Crippen molar-refractivity contribution in [2.75, 3.05) is 11.3 Å². The molecule has 0 aliphatic rings. The van der Waals surface area contributed by atoms with Crippen LogP contribution in [0.3, 0.4) is 0 Å². The molecule has 2 rings (SSSR count).